The lowest BCUT2D eigenvalue weighted by Crippen LogP contribution is -2.50. The van der Waals surface area contributed by atoms with Gasteiger partial charge in [0.15, 0.2) is 0 Å². The van der Waals surface area contributed by atoms with Gasteiger partial charge in [-0.25, -0.2) is 9.97 Å². The molecule has 26 heavy (non-hydrogen) atoms. The number of hydrogen-bond donors (Lipinski definition) is 1. The number of nitrogens with one attached hydrogen (secondary N) is 1. The minimum absolute atomic E-state index is 0.347. The number of hydrogen-bond acceptors (Lipinski definition) is 6. The Morgan fingerprint density at radius 2 is 1.92 bits per heavy atom. The minimum atomic E-state index is 0.347. The molecule has 0 radical (unpaired) electrons. The van der Waals surface area contributed by atoms with Gasteiger partial charge in [0.2, 0.25) is 5.91 Å². The normalized spacial score (nSPS) is 28.7. The van der Waals surface area contributed by atoms with Crippen LogP contribution in [-0.4, -0.2) is 59.0 Å². The molecule has 3 aliphatic heterocycles. The number of amides is 1. The molecule has 1 N–H and O–H groups in total. The highest BCUT2D eigenvalue weighted by atomic mass is 32.1. The van der Waals surface area contributed by atoms with Crippen molar-refractivity contribution in [2.24, 2.45) is 5.92 Å². The first-order valence-corrected chi connectivity index (χ1v) is 10.6. The molecule has 2 bridgehead atoms. The molecule has 2 atom stereocenters. The lowest BCUT2D eigenvalue weighted by Gasteiger charge is -2.37. The summed E-state index contributed by atoms with van der Waals surface area (Å²) in [6.45, 7) is 3.30. The summed E-state index contributed by atoms with van der Waals surface area (Å²) in [5.74, 6) is 1.93. The Kier molecular flexibility index (Phi) is 4.29. The number of carbonyl (C=O) groups excluding carboxylic acids is 1. The van der Waals surface area contributed by atoms with Crippen molar-refractivity contribution in [3.8, 4) is 0 Å². The molecule has 0 spiro atoms. The van der Waals surface area contributed by atoms with Gasteiger partial charge in [-0.3, -0.25) is 4.79 Å². The second-order valence-electron chi connectivity index (χ2n) is 7.88. The van der Waals surface area contributed by atoms with Crippen LogP contribution in [0.3, 0.4) is 0 Å². The van der Waals surface area contributed by atoms with E-state index in [2.05, 4.69) is 36.5 Å². The van der Waals surface area contributed by atoms with Crippen LogP contribution in [0.25, 0.3) is 10.2 Å². The zero-order chi connectivity index (χ0) is 17.5. The van der Waals surface area contributed by atoms with Crippen molar-refractivity contribution in [3.05, 3.63) is 17.8 Å². The van der Waals surface area contributed by atoms with Crippen LogP contribution < -0.4 is 10.2 Å². The molecule has 5 rings (SSSR count). The van der Waals surface area contributed by atoms with E-state index in [0.717, 1.165) is 48.6 Å². The third kappa shape index (κ3) is 3.07. The summed E-state index contributed by atoms with van der Waals surface area (Å²) in [6.07, 6.45) is 7.33. The fourth-order valence-corrected chi connectivity index (χ4v) is 5.64. The zero-order valence-corrected chi connectivity index (χ0v) is 15.7. The highest BCUT2D eigenvalue weighted by Crippen LogP contribution is 2.33. The number of thiophene rings is 1. The van der Waals surface area contributed by atoms with E-state index in [9.17, 15) is 4.79 Å². The van der Waals surface area contributed by atoms with E-state index in [1.807, 2.05) is 0 Å². The van der Waals surface area contributed by atoms with Gasteiger partial charge in [-0.2, -0.15) is 0 Å². The average Bonchev–Trinajstić information content (AvgIpc) is 3.27. The molecule has 0 aromatic carbocycles. The van der Waals surface area contributed by atoms with Gasteiger partial charge in [0.25, 0.3) is 0 Å². The summed E-state index contributed by atoms with van der Waals surface area (Å²) in [7, 11) is 0. The minimum Gasteiger partial charge on any atom is -0.352 e. The Hall–Kier alpha value is -1.73. The highest BCUT2D eigenvalue weighted by molar-refractivity contribution is 7.16. The summed E-state index contributed by atoms with van der Waals surface area (Å²) < 4.78 is 0. The molecule has 3 fully saturated rings. The molecule has 3 aliphatic rings. The second-order valence-corrected chi connectivity index (χ2v) is 8.78. The lowest BCUT2D eigenvalue weighted by molar-refractivity contribution is -0.132. The number of aromatic nitrogens is 2. The van der Waals surface area contributed by atoms with E-state index in [-0.39, 0.29) is 0 Å². The van der Waals surface area contributed by atoms with Gasteiger partial charge in [0, 0.05) is 44.7 Å². The first-order chi connectivity index (χ1) is 12.8. The molecule has 7 heteroatoms. The van der Waals surface area contributed by atoms with Gasteiger partial charge in [-0.1, -0.05) is 0 Å². The number of nitrogens with zero attached hydrogens (tertiary/aromatic N) is 4. The van der Waals surface area contributed by atoms with Gasteiger partial charge in [-0.05, 0) is 43.0 Å². The maximum Gasteiger partial charge on any atom is 0.222 e. The van der Waals surface area contributed by atoms with Crippen LogP contribution in [0.4, 0.5) is 5.82 Å². The maximum atomic E-state index is 12.8. The highest BCUT2D eigenvalue weighted by Gasteiger charge is 2.35. The number of fused-ring (bicyclic) bond motifs is 3. The fraction of sp³-hybridized carbons (Fsp3) is 0.632. The summed E-state index contributed by atoms with van der Waals surface area (Å²) in [5.41, 5.74) is 0. The van der Waals surface area contributed by atoms with Crippen LogP contribution in [0, 0.1) is 5.92 Å². The fourth-order valence-electron chi connectivity index (χ4n) is 4.91. The SMILES string of the molecule is O=C(CC1CC2CCC(C1)N2)N1CCN(c2ncnc3sccc23)CC1. The van der Waals surface area contributed by atoms with E-state index in [1.54, 1.807) is 17.7 Å². The van der Waals surface area contributed by atoms with Crippen LogP contribution in [0.15, 0.2) is 17.8 Å². The van der Waals surface area contributed by atoms with Gasteiger partial charge in [0.1, 0.15) is 17.0 Å². The zero-order valence-electron chi connectivity index (χ0n) is 14.9. The predicted octanol–water partition coefficient (Wildman–Crippen LogP) is 2.26. The van der Waals surface area contributed by atoms with Crippen molar-refractivity contribution in [2.45, 2.75) is 44.2 Å². The summed E-state index contributed by atoms with van der Waals surface area (Å²) in [6, 6.07) is 3.42. The second kappa shape index (κ2) is 6.78. The largest absolute Gasteiger partial charge is 0.352 e. The Morgan fingerprint density at radius 1 is 1.15 bits per heavy atom. The molecule has 6 nitrogen and oxygen atoms in total. The third-order valence-electron chi connectivity index (χ3n) is 6.21. The monoisotopic (exact) mass is 371 g/mol. The Labute approximate surface area is 157 Å². The van der Waals surface area contributed by atoms with Gasteiger partial charge >= 0.3 is 0 Å². The van der Waals surface area contributed by atoms with Crippen LogP contribution in [0.2, 0.25) is 0 Å². The molecule has 0 aliphatic carbocycles. The van der Waals surface area contributed by atoms with Crippen molar-refractivity contribution in [1.29, 1.82) is 0 Å². The van der Waals surface area contributed by atoms with Gasteiger partial charge < -0.3 is 15.1 Å². The van der Waals surface area contributed by atoms with E-state index in [4.69, 9.17) is 0 Å². The average molecular weight is 372 g/mol. The Balaban J connectivity index is 1.19. The Bertz CT molecular complexity index is 788. The molecular formula is C19H25N5OS. The van der Waals surface area contributed by atoms with Crippen LogP contribution in [-0.2, 0) is 4.79 Å². The summed E-state index contributed by atoms with van der Waals surface area (Å²) in [5, 5.41) is 6.86. The summed E-state index contributed by atoms with van der Waals surface area (Å²) >= 11 is 1.65. The number of piperazine rings is 1. The molecule has 1 amide bonds. The molecule has 2 aromatic heterocycles. The molecule has 3 saturated heterocycles. The molecule has 2 unspecified atom stereocenters. The third-order valence-corrected chi connectivity index (χ3v) is 7.03. The smallest absolute Gasteiger partial charge is 0.222 e. The maximum absolute atomic E-state index is 12.8. The van der Waals surface area contributed by atoms with Crippen molar-refractivity contribution in [1.82, 2.24) is 20.2 Å². The van der Waals surface area contributed by atoms with Crippen molar-refractivity contribution < 1.29 is 4.79 Å². The van der Waals surface area contributed by atoms with Crippen LogP contribution in [0.1, 0.15) is 32.1 Å². The molecular weight excluding hydrogens is 346 g/mol. The van der Waals surface area contributed by atoms with Crippen molar-refractivity contribution >= 4 is 33.3 Å². The first kappa shape index (κ1) is 16.4. The molecule has 138 valence electrons. The number of piperidine rings is 1. The molecule has 5 heterocycles. The van der Waals surface area contributed by atoms with E-state index in [1.165, 1.54) is 25.7 Å². The number of anilines is 1. The van der Waals surface area contributed by atoms with Crippen molar-refractivity contribution in [2.75, 3.05) is 31.1 Å². The van der Waals surface area contributed by atoms with Gasteiger partial charge in [-0.15, -0.1) is 11.3 Å². The molecule has 0 saturated carbocycles. The standard InChI is InChI=1S/C19H25N5OS/c25-17(11-13-9-14-1-2-15(10-13)22-14)23-4-6-24(7-5-23)18-16-3-8-26-19(16)21-12-20-18/h3,8,12-15,22H,1-2,4-7,9-11H2. The van der Waals surface area contributed by atoms with E-state index in [0.29, 0.717) is 23.9 Å². The quantitative estimate of drug-likeness (QED) is 0.897. The van der Waals surface area contributed by atoms with Crippen molar-refractivity contribution in [3.63, 3.8) is 0 Å². The Morgan fingerprint density at radius 3 is 2.69 bits per heavy atom. The molecule has 2 aromatic rings. The lowest BCUT2D eigenvalue weighted by atomic mass is 9.89. The number of rotatable bonds is 3. The number of carbonyl (C=O) groups is 1. The topological polar surface area (TPSA) is 61.4 Å². The predicted molar refractivity (Wildman–Crippen MR) is 103 cm³/mol. The van der Waals surface area contributed by atoms with E-state index >= 15 is 0 Å². The van der Waals surface area contributed by atoms with E-state index < -0.39 is 0 Å². The van der Waals surface area contributed by atoms with Crippen LogP contribution >= 0.6 is 11.3 Å². The van der Waals surface area contributed by atoms with Crippen LogP contribution in [0.5, 0.6) is 0 Å². The first-order valence-electron chi connectivity index (χ1n) is 9.73. The van der Waals surface area contributed by atoms with Gasteiger partial charge in [0.05, 0.1) is 5.39 Å². The summed E-state index contributed by atoms with van der Waals surface area (Å²) in [4.78, 5) is 27.0.